The van der Waals surface area contributed by atoms with E-state index in [0.717, 1.165) is 51.4 Å². The number of carbonyl (C=O) groups excluding carboxylic acids is 1. The van der Waals surface area contributed by atoms with Crippen molar-refractivity contribution in [3.63, 3.8) is 0 Å². The van der Waals surface area contributed by atoms with Crippen LogP contribution in [0.4, 0.5) is 15.8 Å². The molecule has 1 aromatic rings. The zero-order valence-corrected chi connectivity index (χ0v) is 17.9. The Morgan fingerprint density at radius 3 is 2.43 bits per heavy atom. The maximum atomic E-state index is 14.3. The van der Waals surface area contributed by atoms with E-state index >= 15 is 0 Å². The summed E-state index contributed by atoms with van der Waals surface area (Å²) in [4.78, 5) is 26.7. The van der Waals surface area contributed by atoms with Gasteiger partial charge in [0, 0.05) is 38.8 Å². The van der Waals surface area contributed by atoms with Gasteiger partial charge in [0.05, 0.1) is 29.2 Å². The van der Waals surface area contributed by atoms with Crippen LogP contribution in [0.2, 0.25) is 0 Å². The van der Waals surface area contributed by atoms with Crippen LogP contribution in [0.25, 0.3) is 0 Å². The molecule has 30 heavy (non-hydrogen) atoms. The average molecular weight is 422 g/mol. The highest BCUT2D eigenvalue weighted by atomic mass is 19.1. The van der Waals surface area contributed by atoms with Gasteiger partial charge in [-0.1, -0.05) is 13.8 Å². The van der Waals surface area contributed by atoms with Crippen LogP contribution in [0.1, 0.15) is 39.5 Å². The minimum Gasteiger partial charge on any atom is -0.465 e. The molecule has 0 radical (unpaired) electrons. The summed E-state index contributed by atoms with van der Waals surface area (Å²) in [5, 5.41) is 10.8. The molecule has 2 aliphatic rings. The molecule has 1 aliphatic carbocycles. The van der Waals surface area contributed by atoms with Crippen molar-refractivity contribution in [2.75, 3.05) is 44.2 Å². The Labute approximate surface area is 177 Å². The highest BCUT2D eigenvalue weighted by Gasteiger charge is 2.29. The molecule has 0 amide bonds. The molecule has 3 rings (SSSR count). The number of ether oxygens (including phenoxy) is 1. The van der Waals surface area contributed by atoms with Gasteiger partial charge in [-0.3, -0.25) is 19.8 Å². The number of nitrogens with zero attached hydrogens (tertiary/aromatic N) is 3. The van der Waals surface area contributed by atoms with Crippen LogP contribution < -0.4 is 4.90 Å². The first-order chi connectivity index (χ1) is 14.3. The first kappa shape index (κ1) is 22.5. The Morgan fingerprint density at radius 1 is 1.20 bits per heavy atom. The van der Waals surface area contributed by atoms with Crippen molar-refractivity contribution in [1.29, 1.82) is 0 Å². The van der Waals surface area contributed by atoms with Crippen molar-refractivity contribution in [2.24, 2.45) is 17.8 Å². The van der Waals surface area contributed by atoms with Crippen molar-refractivity contribution >= 4 is 17.3 Å². The molecule has 1 aromatic carbocycles. The number of hydrogen-bond donors (Lipinski definition) is 0. The number of esters is 1. The molecule has 0 bridgehead atoms. The second-order valence-electron chi connectivity index (χ2n) is 8.92. The Balaban J connectivity index is 1.41. The number of rotatable bonds is 7. The second-order valence-corrected chi connectivity index (χ2v) is 8.92. The van der Waals surface area contributed by atoms with Gasteiger partial charge < -0.3 is 9.64 Å². The van der Waals surface area contributed by atoms with Gasteiger partial charge in [-0.05, 0) is 43.6 Å². The molecule has 0 atom stereocenters. The van der Waals surface area contributed by atoms with Gasteiger partial charge in [0.25, 0.3) is 5.69 Å². The maximum Gasteiger partial charge on any atom is 0.308 e. The third-order valence-electron chi connectivity index (χ3n) is 6.11. The highest BCUT2D eigenvalue weighted by Crippen LogP contribution is 2.31. The molecular formula is C22H32FN3O4. The molecule has 166 valence electrons. The van der Waals surface area contributed by atoms with Crippen LogP contribution in [0.3, 0.4) is 0 Å². The minimum atomic E-state index is -0.580. The summed E-state index contributed by atoms with van der Waals surface area (Å²) in [6.45, 7) is 8.67. The minimum absolute atomic E-state index is 0.0408. The van der Waals surface area contributed by atoms with Crippen molar-refractivity contribution < 1.29 is 18.8 Å². The zero-order chi connectivity index (χ0) is 21.7. The SMILES string of the molecule is CC(C)COC(=O)C1CCC(CN2CCN(c3ccc([N+](=O)[O-])cc3F)CC2)CC1. The molecule has 7 nitrogen and oxygen atoms in total. The van der Waals surface area contributed by atoms with E-state index in [1.54, 1.807) is 0 Å². The van der Waals surface area contributed by atoms with Crippen molar-refractivity contribution in [3.8, 4) is 0 Å². The first-order valence-corrected chi connectivity index (χ1v) is 10.9. The lowest BCUT2D eigenvalue weighted by Crippen LogP contribution is -2.48. The largest absolute Gasteiger partial charge is 0.465 e. The van der Waals surface area contributed by atoms with Crippen LogP contribution in [-0.4, -0.2) is 55.1 Å². The first-order valence-electron chi connectivity index (χ1n) is 10.9. The Hall–Kier alpha value is -2.22. The van der Waals surface area contributed by atoms with Crippen molar-refractivity contribution in [2.45, 2.75) is 39.5 Å². The number of hydrogen-bond acceptors (Lipinski definition) is 6. The predicted molar refractivity (Wildman–Crippen MR) is 113 cm³/mol. The third-order valence-corrected chi connectivity index (χ3v) is 6.11. The topological polar surface area (TPSA) is 75.9 Å². The zero-order valence-electron chi connectivity index (χ0n) is 17.9. The summed E-state index contributed by atoms with van der Waals surface area (Å²) in [7, 11) is 0. The lowest BCUT2D eigenvalue weighted by molar-refractivity contribution is -0.385. The molecule has 8 heteroatoms. The Bertz CT molecular complexity index is 742. The molecule has 1 heterocycles. The van der Waals surface area contributed by atoms with Gasteiger partial charge in [-0.15, -0.1) is 0 Å². The van der Waals surface area contributed by atoms with Crippen LogP contribution in [0.15, 0.2) is 18.2 Å². The van der Waals surface area contributed by atoms with Crippen LogP contribution in [0, 0.1) is 33.7 Å². The fraction of sp³-hybridized carbons (Fsp3) is 0.682. The van der Waals surface area contributed by atoms with E-state index in [4.69, 9.17) is 4.74 Å². The van der Waals surface area contributed by atoms with E-state index in [0.29, 0.717) is 37.2 Å². The highest BCUT2D eigenvalue weighted by molar-refractivity contribution is 5.72. The fourth-order valence-electron chi connectivity index (χ4n) is 4.35. The van der Waals surface area contributed by atoms with E-state index < -0.39 is 10.7 Å². The van der Waals surface area contributed by atoms with E-state index in [1.807, 2.05) is 18.7 Å². The molecule has 1 aliphatic heterocycles. The lowest BCUT2D eigenvalue weighted by atomic mass is 9.81. The molecule has 0 N–H and O–H groups in total. The maximum absolute atomic E-state index is 14.3. The van der Waals surface area contributed by atoms with E-state index in [1.165, 1.54) is 12.1 Å². The average Bonchev–Trinajstić information content (AvgIpc) is 2.73. The van der Waals surface area contributed by atoms with Crippen LogP contribution in [0.5, 0.6) is 0 Å². The summed E-state index contributed by atoms with van der Waals surface area (Å²) in [6.07, 6.45) is 3.88. The van der Waals surface area contributed by atoms with Crippen molar-refractivity contribution in [3.05, 3.63) is 34.1 Å². The Morgan fingerprint density at radius 2 is 1.87 bits per heavy atom. The predicted octanol–water partition coefficient (Wildman–Crippen LogP) is 3.86. The van der Waals surface area contributed by atoms with Gasteiger partial charge in [0.2, 0.25) is 0 Å². The smallest absolute Gasteiger partial charge is 0.308 e. The van der Waals surface area contributed by atoms with E-state index in [2.05, 4.69) is 4.90 Å². The van der Waals surface area contributed by atoms with Gasteiger partial charge in [0.15, 0.2) is 5.82 Å². The fourth-order valence-corrected chi connectivity index (χ4v) is 4.35. The van der Waals surface area contributed by atoms with Crippen LogP contribution in [-0.2, 0) is 9.53 Å². The number of halogens is 1. The summed E-state index contributed by atoms with van der Waals surface area (Å²) < 4.78 is 19.7. The standard InChI is InChI=1S/C22H32FN3O4/c1-16(2)15-30-22(27)18-5-3-17(4-6-18)14-24-9-11-25(12-10-24)21-8-7-19(26(28)29)13-20(21)23/h7-8,13,16-18H,3-6,9-12,14-15H2,1-2H3. The molecule has 0 spiro atoms. The van der Waals surface area contributed by atoms with Gasteiger partial charge >= 0.3 is 5.97 Å². The number of piperazine rings is 1. The lowest BCUT2D eigenvalue weighted by Gasteiger charge is -2.38. The molecular weight excluding hydrogens is 389 g/mol. The molecule has 2 fully saturated rings. The van der Waals surface area contributed by atoms with Crippen LogP contribution >= 0.6 is 0 Å². The number of carbonyl (C=O) groups is 1. The molecule has 0 unspecified atom stereocenters. The number of non-ortho nitro benzene ring substituents is 1. The Kier molecular flexibility index (Phi) is 7.64. The third kappa shape index (κ3) is 5.90. The number of benzene rings is 1. The monoisotopic (exact) mass is 421 g/mol. The van der Waals surface area contributed by atoms with Gasteiger partial charge in [-0.25, -0.2) is 4.39 Å². The van der Waals surface area contributed by atoms with Gasteiger partial charge in [0.1, 0.15) is 0 Å². The molecule has 1 saturated carbocycles. The number of nitro groups is 1. The molecule has 1 saturated heterocycles. The van der Waals surface area contributed by atoms with Crippen molar-refractivity contribution in [1.82, 2.24) is 4.90 Å². The summed E-state index contributed by atoms with van der Waals surface area (Å²) >= 11 is 0. The summed E-state index contributed by atoms with van der Waals surface area (Å²) in [6, 6.07) is 3.85. The van der Waals surface area contributed by atoms with E-state index in [9.17, 15) is 19.3 Å². The second kappa shape index (κ2) is 10.2. The quantitative estimate of drug-likeness (QED) is 0.378. The summed E-state index contributed by atoms with van der Waals surface area (Å²) in [5.74, 6) is 0.411. The molecule has 0 aromatic heterocycles. The van der Waals surface area contributed by atoms with E-state index in [-0.39, 0.29) is 17.6 Å². The van der Waals surface area contributed by atoms with Gasteiger partial charge in [-0.2, -0.15) is 0 Å². The number of nitro benzene ring substituents is 1. The normalized spacial score (nSPS) is 22.9. The number of anilines is 1. The summed E-state index contributed by atoms with van der Waals surface area (Å²) in [5.41, 5.74) is 0.208.